The molecule has 0 amide bonds. The van der Waals surface area contributed by atoms with Gasteiger partial charge in [-0.25, -0.2) is 8.42 Å². The Hall–Kier alpha value is -2.73. The Balaban J connectivity index is 1.72. The molecule has 0 radical (unpaired) electrons. The lowest BCUT2D eigenvalue weighted by Gasteiger charge is -2.15. The van der Waals surface area contributed by atoms with Crippen molar-refractivity contribution in [2.24, 2.45) is 0 Å². The second-order valence-corrected chi connectivity index (χ2v) is 8.32. The highest BCUT2D eigenvalue weighted by atomic mass is 32.2. The van der Waals surface area contributed by atoms with E-state index in [1.54, 1.807) is 24.3 Å². The van der Waals surface area contributed by atoms with Crippen molar-refractivity contribution in [3.63, 3.8) is 0 Å². The molecule has 4 rings (SSSR count). The van der Waals surface area contributed by atoms with E-state index >= 15 is 0 Å². The van der Waals surface area contributed by atoms with Crippen molar-refractivity contribution >= 4 is 26.5 Å². The third kappa shape index (κ3) is 3.45. The molecule has 1 N–H and O–H groups in total. The van der Waals surface area contributed by atoms with Crippen LogP contribution in [0.3, 0.4) is 0 Å². The molecule has 0 saturated carbocycles. The van der Waals surface area contributed by atoms with Crippen molar-refractivity contribution in [2.75, 3.05) is 11.3 Å². The van der Waals surface area contributed by atoms with E-state index in [4.69, 9.17) is 9.47 Å². The molecule has 0 fully saturated rings. The lowest BCUT2D eigenvalue weighted by atomic mass is 10.1. The topological polar surface area (TPSA) is 64.6 Å². The summed E-state index contributed by atoms with van der Waals surface area (Å²) >= 11 is 0. The van der Waals surface area contributed by atoms with Crippen LogP contribution in [-0.2, 0) is 16.4 Å². The first kappa shape index (κ1) is 17.7. The van der Waals surface area contributed by atoms with Crippen molar-refractivity contribution < 1.29 is 17.9 Å². The van der Waals surface area contributed by atoms with E-state index in [1.807, 2.05) is 44.2 Å². The lowest BCUT2D eigenvalue weighted by Crippen LogP contribution is -2.14. The zero-order chi connectivity index (χ0) is 19.0. The molecule has 3 aromatic carbocycles. The summed E-state index contributed by atoms with van der Waals surface area (Å²) in [7, 11) is -3.76. The van der Waals surface area contributed by atoms with Crippen LogP contribution < -0.4 is 14.2 Å². The summed E-state index contributed by atoms with van der Waals surface area (Å²) in [5.41, 5.74) is 1.41. The molecule has 0 aliphatic carbocycles. The first-order chi connectivity index (χ1) is 13.0. The molecule has 1 heterocycles. The minimum Gasteiger partial charge on any atom is -0.492 e. The molecule has 1 aliphatic rings. The summed E-state index contributed by atoms with van der Waals surface area (Å²) in [5, 5.41) is 1.86. The van der Waals surface area contributed by atoms with Crippen LogP contribution in [0.5, 0.6) is 11.5 Å². The average molecular weight is 383 g/mol. The van der Waals surface area contributed by atoms with Gasteiger partial charge in [-0.05, 0) is 42.8 Å². The Labute approximate surface area is 159 Å². The average Bonchev–Trinajstić information content (AvgIpc) is 3.00. The molecule has 0 bridgehead atoms. The largest absolute Gasteiger partial charge is 0.492 e. The highest BCUT2D eigenvalue weighted by molar-refractivity contribution is 7.92. The molecule has 6 heteroatoms. The van der Waals surface area contributed by atoms with Crippen LogP contribution in [0.2, 0.25) is 0 Å². The van der Waals surface area contributed by atoms with Crippen molar-refractivity contribution in [3.05, 3.63) is 60.2 Å². The molecule has 140 valence electrons. The molecule has 3 aromatic rings. The fraction of sp³-hybridized carbons (Fsp3) is 0.238. The summed E-state index contributed by atoms with van der Waals surface area (Å²) in [5.74, 6) is 1.21. The third-order valence-electron chi connectivity index (χ3n) is 4.57. The number of ether oxygens (including phenoxy) is 2. The third-order valence-corrected chi connectivity index (χ3v) is 5.94. The van der Waals surface area contributed by atoms with Crippen molar-refractivity contribution in [3.8, 4) is 11.5 Å². The van der Waals surface area contributed by atoms with Gasteiger partial charge in [0.2, 0.25) is 0 Å². The van der Waals surface area contributed by atoms with E-state index in [-0.39, 0.29) is 11.0 Å². The molecule has 1 unspecified atom stereocenters. The monoisotopic (exact) mass is 383 g/mol. The van der Waals surface area contributed by atoms with Gasteiger partial charge in [0.15, 0.2) is 0 Å². The van der Waals surface area contributed by atoms with Gasteiger partial charge in [-0.3, -0.25) is 4.72 Å². The van der Waals surface area contributed by atoms with Gasteiger partial charge in [0.1, 0.15) is 17.6 Å². The maximum absolute atomic E-state index is 13.0. The highest BCUT2D eigenvalue weighted by Crippen LogP contribution is 2.39. The standard InChI is InChI=1S/C21H21NO4S/c1-3-25-21-12-17-10-14(2)26-20(17)13-19(21)22-27(23,24)18-9-8-15-6-4-5-7-16(15)11-18/h4-9,11-14,22H,3,10H2,1-2H3. The fourth-order valence-corrected chi connectivity index (χ4v) is 4.43. The minimum atomic E-state index is -3.76. The van der Waals surface area contributed by atoms with E-state index in [9.17, 15) is 8.42 Å². The minimum absolute atomic E-state index is 0.0711. The number of hydrogen-bond acceptors (Lipinski definition) is 4. The molecule has 1 aliphatic heterocycles. The Morgan fingerprint density at radius 2 is 1.89 bits per heavy atom. The van der Waals surface area contributed by atoms with Crippen LogP contribution in [0.1, 0.15) is 19.4 Å². The summed E-state index contributed by atoms with van der Waals surface area (Å²) in [4.78, 5) is 0.207. The molecule has 5 nitrogen and oxygen atoms in total. The quantitative estimate of drug-likeness (QED) is 0.711. The van der Waals surface area contributed by atoms with Gasteiger partial charge in [0.25, 0.3) is 10.0 Å². The van der Waals surface area contributed by atoms with Gasteiger partial charge in [-0.2, -0.15) is 0 Å². The second kappa shape index (κ2) is 6.78. The van der Waals surface area contributed by atoms with Crippen LogP contribution in [0.4, 0.5) is 5.69 Å². The van der Waals surface area contributed by atoms with E-state index in [1.165, 1.54) is 0 Å². The zero-order valence-corrected chi connectivity index (χ0v) is 16.0. The van der Waals surface area contributed by atoms with E-state index in [2.05, 4.69) is 4.72 Å². The number of anilines is 1. The fourth-order valence-electron chi connectivity index (χ4n) is 3.33. The highest BCUT2D eigenvalue weighted by Gasteiger charge is 2.24. The van der Waals surface area contributed by atoms with Crippen LogP contribution in [0.15, 0.2) is 59.5 Å². The Bertz CT molecular complexity index is 1110. The number of rotatable bonds is 5. The smallest absolute Gasteiger partial charge is 0.262 e. The number of benzene rings is 3. The van der Waals surface area contributed by atoms with Crippen molar-refractivity contribution in [2.45, 2.75) is 31.3 Å². The number of hydrogen-bond donors (Lipinski definition) is 1. The Morgan fingerprint density at radius 1 is 1.11 bits per heavy atom. The number of fused-ring (bicyclic) bond motifs is 2. The molecular weight excluding hydrogens is 362 g/mol. The summed E-state index contributed by atoms with van der Waals surface area (Å²) in [6, 6.07) is 16.3. The van der Waals surface area contributed by atoms with Crippen LogP contribution in [-0.4, -0.2) is 21.1 Å². The SMILES string of the molecule is CCOc1cc2c(cc1NS(=O)(=O)c1ccc3ccccc3c1)OC(C)C2. The van der Waals surface area contributed by atoms with Crippen molar-refractivity contribution in [1.82, 2.24) is 0 Å². The molecular formula is C21H21NO4S. The van der Waals surface area contributed by atoms with Gasteiger partial charge < -0.3 is 9.47 Å². The first-order valence-electron chi connectivity index (χ1n) is 8.94. The van der Waals surface area contributed by atoms with Gasteiger partial charge in [-0.15, -0.1) is 0 Å². The summed E-state index contributed by atoms with van der Waals surface area (Å²) in [6.45, 7) is 4.30. The van der Waals surface area contributed by atoms with Gasteiger partial charge >= 0.3 is 0 Å². The van der Waals surface area contributed by atoms with E-state index < -0.39 is 10.0 Å². The maximum Gasteiger partial charge on any atom is 0.262 e. The lowest BCUT2D eigenvalue weighted by molar-refractivity contribution is 0.254. The number of sulfonamides is 1. The second-order valence-electron chi connectivity index (χ2n) is 6.64. The van der Waals surface area contributed by atoms with Gasteiger partial charge in [0, 0.05) is 18.1 Å². The predicted octanol–water partition coefficient (Wildman–Crippen LogP) is 4.36. The Kier molecular flexibility index (Phi) is 4.44. The van der Waals surface area contributed by atoms with Crippen LogP contribution >= 0.6 is 0 Å². The molecule has 27 heavy (non-hydrogen) atoms. The number of nitrogens with one attached hydrogen (secondary N) is 1. The molecule has 0 spiro atoms. The molecule has 0 aromatic heterocycles. The summed E-state index contributed by atoms with van der Waals surface area (Å²) < 4.78 is 40.0. The van der Waals surface area contributed by atoms with E-state index in [0.29, 0.717) is 23.8 Å². The predicted molar refractivity (Wildman–Crippen MR) is 106 cm³/mol. The first-order valence-corrected chi connectivity index (χ1v) is 10.4. The van der Waals surface area contributed by atoms with Crippen LogP contribution in [0.25, 0.3) is 10.8 Å². The maximum atomic E-state index is 13.0. The summed E-state index contributed by atoms with van der Waals surface area (Å²) in [6.07, 6.45) is 0.856. The van der Waals surface area contributed by atoms with Crippen molar-refractivity contribution in [1.29, 1.82) is 0 Å². The normalized spacial score (nSPS) is 16.0. The van der Waals surface area contributed by atoms with E-state index in [0.717, 1.165) is 22.8 Å². The van der Waals surface area contributed by atoms with Gasteiger partial charge in [-0.1, -0.05) is 30.3 Å². The zero-order valence-electron chi connectivity index (χ0n) is 15.2. The Morgan fingerprint density at radius 3 is 2.67 bits per heavy atom. The molecule has 0 saturated heterocycles. The van der Waals surface area contributed by atoms with Gasteiger partial charge in [0.05, 0.1) is 17.2 Å². The molecule has 1 atom stereocenters. The van der Waals surface area contributed by atoms with Crippen LogP contribution in [0, 0.1) is 0 Å².